The first-order chi connectivity index (χ1) is 21.1. The lowest BCUT2D eigenvalue weighted by atomic mass is 9.99. The number of hydrogen-bond donors (Lipinski definition) is 2. The molecule has 7 rings (SSSR count). The first-order valence-corrected chi connectivity index (χ1v) is 14.3. The molecule has 12 heteroatoms. The van der Waals surface area contributed by atoms with Gasteiger partial charge in [-0.1, -0.05) is 12.6 Å². The molecule has 1 saturated carbocycles. The van der Waals surface area contributed by atoms with E-state index in [4.69, 9.17) is 0 Å². The summed E-state index contributed by atoms with van der Waals surface area (Å²) in [6, 6.07) is 5.26. The summed E-state index contributed by atoms with van der Waals surface area (Å²) in [7, 11) is 0. The van der Waals surface area contributed by atoms with Crippen LogP contribution in [0.1, 0.15) is 36.9 Å². The maximum atomic E-state index is 16.0. The van der Waals surface area contributed by atoms with E-state index in [1.54, 1.807) is 17.2 Å². The molecule has 2 aliphatic heterocycles. The third kappa shape index (κ3) is 4.08. The molecule has 1 aliphatic carbocycles. The second-order valence-corrected chi connectivity index (χ2v) is 11.5. The molecule has 0 spiro atoms. The van der Waals surface area contributed by atoms with Crippen molar-refractivity contribution < 1.29 is 23.5 Å². The van der Waals surface area contributed by atoms with Crippen LogP contribution in [0.15, 0.2) is 54.0 Å². The number of nitrogens with one attached hydrogen (secondary N) is 1. The highest BCUT2D eigenvalue weighted by Crippen LogP contribution is 2.45. The molecule has 224 valence electrons. The molecular weight excluding hydrogens is 570 g/mol. The molecular formula is C32H28F2N6O4. The van der Waals surface area contributed by atoms with Crippen LogP contribution in [0.2, 0.25) is 0 Å². The van der Waals surface area contributed by atoms with Crippen molar-refractivity contribution in [2.45, 2.75) is 44.7 Å². The fourth-order valence-corrected chi connectivity index (χ4v) is 6.40. The van der Waals surface area contributed by atoms with E-state index in [9.17, 15) is 19.5 Å². The third-order valence-electron chi connectivity index (χ3n) is 8.68. The van der Waals surface area contributed by atoms with Gasteiger partial charge < -0.3 is 20.2 Å². The predicted octanol–water partition coefficient (Wildman–Crippen LogP) is 4.16. The van der Waals surface area contributed by atoms with Gasteiger partial charge in [-0.3, -0.25) is 23.9 Å². The number of amides is 2. The van der Waals surface area contributed by atoms with Gasteiger partial charge in [0.2, 0.25) is 11.8 Å². The number of pyridine rings is 3. The Kier molecular flexibility index (Phi) is 6.27. The maximum Gasteiger partial charge on any atom is 0.282 e. The lowest BCUT2D eigenvalue weighted by molar-refractivity contribution is -0.130. The van der Waals surface area contributed by atoms with Crippen molar-refractivity contribution in [3.63, 3.8) is 0 Å². The topological polar surface area (TPSA) is 121 Å². The van der Waals surface area contributed by atoms with E-state index in [1.165, 1.54) is 27.7 Å². The van der Waals surface area contributed by atoms with E-state index in [1.807, 2.05) is 13.8 Å². The number of nitrogens with zero attached hydrogens (tertiary/aromatic N) is 5. The molecule has 5 heterocycles. The second-order valence-electron chi connectivity index (χ2n) is 11.5. The Labute approximate surface area is 250 Å². The molecule has 4 aromatic rings. The van der Waals surface area contributed by atoms with E-state index >= 15 is 8.78 Å². The van der Waals surface area contributed by atoms with Gasteiger partial charge in [0.05, 0.1) is 29.2 Å². The van der Waals surface area contributed by atoms with Crippen molar-refractivity contribution in [3.8, 4) is 22.7 Å². The summed E-state index contributed by atoms with van der Waals surface area (Å²) in [5.74, 6) is -3.05. The number of carbonyl (C=O) groups is 2. The van der Waals surface area contributed by atoms with Crippen LogP contribution >= 0.6 is 0 Å². The van der Waals surface area contributed by atoms with Crippen LogP contribution in [0.5, 0.6) is 5.75 Å². The number of rotatable bonds is 4. The standard InChI is InChI=1S/C32H28F2N6O4/c1-4-23(42)38-14-21-31(43)37-27-29(39(21)13-16(38)3)18-12-20(34)26(24-19(33)6-5-7-22(24)41)36-30(18)40(32(27)44)28-15(2)10-11-35-25(28)17-8-9-17/h4-7,10-12,16-17,21,41H,1,8-9,13-14H2,2-3H3,(H,37,43)/t16-,21-/m1/s1. The quantitative estimate of drug-likeness (QED) is 0.339. The number of hydrogen-bond acceptors (Lipinski definition) is 7. The van der Waals surface area contributed by atoms with E-state index in [-0.39, 0.29) is 53.4 Å². The van der Waals surface area contributed by atoms with Crippen LogP contribution < -0.4 is 15.8 Å². The summed E-state index contributed by atoms with van der Waals surface area (Å²) in [5, 5.41) is 13.5. The van der Waals surface area contributed by atoms with Crippen LogP contribution in [0.25, 0.3) is 28.0 Å². The van der Waals surface area contributed by atoms with Gasteiger partial charge in [0.1, 0.15) is 29.0 Å². The highest BCUT2D eigenvalue weighted by atomic mass is 19.1. The molecule has 2 N–H and O–H groups in total. The van der Waals surface area contributed by atoms with Gasteiger partial charge in [-0.25, -0.2) is 13.8 Å². The van der Waals surface area contributed by atoms with E-state index in [0.717, 1.165) is 25.0 Å². The molecule has 2 fully saturated rings. The molecule has 1 saturated heterocycles. The number of aromatic nitrogens is 3. The van der Waals surface area contributed by atoms with Gasteiger partial charge in [-0.15, -0.1) is 0 Å². The van der Waals surface area contributed by atoms with Gasteiger partial charge in [0.25, 0.3) is 5.56 Å². The molecule has 2 amide bonds. The normalized spacial score (nSPS) is 19.4. The molecule has 44 heavy (non-hydrogen) atoms. The Hall–Kier alpha value is -5.13. The number of phenols is 1. The van der Waals surface area contributed by atoms with Crippen LogP contribution in [0.3, 0.4) is 0 Å². The first-order valence-electron chi connectivity index (χ1n) is 14.3. The molecule has 10 nitrogen and oxygen atoms in total. The fourth-order valence-electron chi connectivity index (χ4n) is 6.40. The monoisotopic (exact) mass is 598 g/mol. The molecule has 3 aromatic heterocycles. The third-order valence-corrected chi connectivity index (χ3v) is 8.68. The SMILES string of the molecule is C=CC(=O)N1C[C@@H]2C(=O)Nc3c(c4cc(F)c(-c5c(O)cccc5F)nc4n(-c4c(C)ccnc4C4CC4)c3=O)N2C[C@H]1C. The number of phenolic OH excluding ortho intramolecular Hbond substituents is 1. The van der Waals surface area contributed by atoms with Crippen LogP contribution in [0.4, 0.5) is 20.2 Å². The molecule has 0 unspecified atom stereocenters. The van der Waals surface area contributed by atoms with Gasteiger partial charge >= 0.3 is 0 Å². The average Bonchev–Trinajstić information content (AvgIpc) is 3.83. The minimum absolute atomic E-state index is 0.0120. The molecule has 3 aliphatic rings. The number of carbonyl (C=O) groups excluding carboxylic acids is 2. The number of anilines is 2. The van der Waals surface area contributed by atoms with Crippen LogP contribution in [-0.4, -0.2) is 61.5 Å². The largest absolute Gasteiger partial charge is 0.507 e. The van der Waals surface area contributed by atoms with Crippen molar-refractivity contribution in [1.82, 2.24) is 19.4 Å². The first kappa shape index (κ1) is 27.7. The Morgan fingerprint density at radius 1 is 1.14 bits per heavy atom. The Balaban J connectivity index is 1.57. The van der Waals surface area contributed by atoms with Gasteiger partial charge in [-0.05, 0) is 62.6 Å². The predicted molar refractivity (Wildman–Crippen MR) is 160 cm³/mol. The minimum Gasteiger partial charge on any atom is -0.507 e. The summed E-state index contributed by atoms with van der Waals surface area (Å²) in [6.45, 7) is 7.38. The van der Waals surface area contributed by atoms with Gasteiger partial charge in [0, 0.05) is 30.1 Å². The highest BCUT2D eigenvalue weighted by molar-refractivity contribution is 6.11. The number of aryl methyl sites for hydroxylation is 1. The number of halogens is 2. The Morgan fingerprint density at radius 2 is 1.91 bits per heavy atom. The fraction of sp³-hybridized carbons (Fsp3) is 0.281. The molecule has 0 bridgehead atoms. The van der Waals surface area contributed by atoms with Crippen LogP contribution in [0, 0.1) is 18.6 Å². The summed E-state index contributed by atoms with van der Waals surface area (Å²) < 4.78 is 32.4. The summed E-state index contributed by atoms with van der Waals surface area (Å²) in [6.07, 6.45) is 4.59. The number of piperazine rings is 1. The Morgan fingerprint density at radius 3 is 2.61 bits per heavy atom. The van der Waals surface area contributed by atoms with E-state index < -0.39 is 46.1 Å². The zero-order chi connectivity index (χ0) is 31.0. The van der Waals surface area contributed by atoms with Crippen molar-refractivity contribution >= 4 is 34.2 Å². The van der Waals surface area contributed by atoms with E-state index in [0.29, 0.717) is 16.9 Å². The van der Waals surface area contributed by atoms with Crippen molar-refractivity contribution in [2.24, 2.45) is 0 Å². The zero-order valence-corrected chi connectivity index (χ0v) is 24.0. The van der Waals surface area contributed by atoms with Crippen molar-refractivity contribution in [1.29, 1.82) is 0 Å². The Bertz CT molecular complexity index is 1970. The molecule has 2 atom stereocenters. The highest BCUT2D eigenvalue weighted by Gasteiger charge is 2.44. The molecule has 0 radical (unpaired) electrons. The van der Waals surface area contributed by atoms with Crippen LogP contribution in [-0.2, 0) is 9.59 Å². The molecule has 1 aromatic carbocycles. The summed E-state index contributed by atoms with van der Waals surface area (Å²) >= 11 is 0. The zero-order valence-electron chi connectivity index (χ0n) is 24.0. The number of benzene rings is 1. The van der Waals surface area contributed by atoms with Gasteiger partial charge in [-0.2, -0.15) is 0 Å². The minimum atomic E-state index is -0.933. The van der Waals surface area contributed by atoms with Crippen molar-refractivity contribution in [2.75, 3.05) is 23.3 Å². The number of fused-ring (bicyclic) bond motifs is 5. The average molecular weight is 599 g/mol. The second kappa shape index (κ2) is 9.97. The summed E-state index contributed by atoms with van der Waals surface area (Å²) in [5.41, 5.74) is 0.525. The number of aromatic hydroxyl groups is 1. The van der Waals surface area contributed by atoms with E-state index in [2.05, 4.69) is 21.9 Å². The lowest BCUT2D eigenvalue weighted by Gasteiger charge is -2.48. The van der Waals surface area contributed by atoms with Crippen molar-refractivity contribution in [3.05, 3.63) is 82.4 Å². The lowest BCUT2D eigenvalue weighted by Crippen LogP contribution is -2.64. The van der Waals surface area contributed by atoms with Gasteiger partial charge in [0.15, 0.2) is 11.5 Å². The smallest absolute Gasteiger partial charge is 0.282 e. The maximum absolute atomic E-state index is 16.0. The summed E-state index contributed by atoms with van der Waals surface area (Å²) in [4.78, 5) is 52.9.